The van der Waals surface area contributed by atoms with Crippen molar-refractivity contribution >= 4 is 18.4 Å². The van der Waals surface area contributed by atoms with Crippen molar-refractivity contribution in [2.75, 3.05) is 5.75 Å². The fourth-order valence-corrected chi connectivity index (χ4v) is 1.01. The number of nitrogens with two attached hydrogens (primary N) is 1. The summed E-state index contributed by atoms with van der Waals surface area (Å²) in [7, 11) is 0. The zero-order valence-corrected chi connectivity index (χ0v) is 9.26. The normalized spacial score (nSPS) is 16.0. The highest BCUT2D eigenvalue weighted by molar-refractivity contribution is 7.80. The van der Waals surface area contributed by atoms with Gasteiger partial charge in [-0.05, 0) is 5.92 Å². The zero-order chi connectivity index (χ0) is 10.3. The van der Waals surface area contributed by atoms with Crippen molar-refractivity contribution in [2.24, 2.45) is 11.7 Å². The van der Waals surface area contributed by atoms with Gasteiger partial charge in [0.1, 0.15) is 0 Å². The Labute approximate surface area is 86.0 Å². The summed E-state index contributed by atoms with van der Waals surface area (Å²) in [4.78, 5) is 11.2. The van der Waals surface area contributed by atoms with Gasteiger partial charge < -0.3 is 5.73 Å². The molecule has 0 fully saturated rings. The summed E-state index contributed by atoms with van der Waals surface area (Å²) >= 11 is 3.97. The predicted molar refractivity (Wildman–Crippen MR) is 60.0 cm³/mol. The molecule has 0 aliphatic heterocycles. The number of hydrogen-bond acceptors (Lipinski definition) is 3. The number of ketones is 1. The molecule has 13 heavy (non-hydrogen) atoms. The van der Waals surface area contributed by atoms with Crippen molar-refractivity contribution in [1.29, 1.82) is 0 Å². The fraction of sp³-hybridized carbons (Fsp3) is 0.700. The zero-order valence-electron chi connectivity index (χ0n) is 8.36. The molecular weight excluding hydrogens is 182 g/mol. The molecule has 76 valence electrons. The standard InChI is InChI=1S/C10H19NOS/c1-3-8(2)5-4-6-10(12)9(11)7-13/h4-5,8-9,13H,3,6-7,11H2,1-2H3/b5-4+/t8?,9-/m0/s1. The number of carbonyl (C=O) groups excluding carboxylic acids is 1. The Morgan fingerprint density at radius 2 is 2.23 bits per heavy atom. The van der Waals surface area contributed by atoms with Crippen LogP contribution in [0.5, 0.6) is 0 Å². The van der Waals surface area contributed by atoms with Crippen LogP contribution < -0.4 is 5.73 Å². The summed E-state index contributed by atoms with van der Waals surface area (Å²) in [5, 5.41) is 0. The lowest BCUT2D eigenvalue weighted by molar-refractivity contribution is -0.119. The summed E-state index contributed by atoms with van der Waals surface area (Å²) in [5.74, 6) is 1.03. The lowest BCUT2D eigenvalue weighted by atomic mass is 10.1. The van der Waals surface area contributed by atoms with Crippen LogP contribution in [0.25, 0.3) is 0 Å². The van der Waals surface area contributed by atoms with Gasteiger partial charge in [0.05, 0.1) is 6.04 Å². The largest absolute Gasteiger partial charge is 0.321 e. The van der Waals surface area contributed by atoms with E-state index in [2.05, 4.69) is 32.6 Å². The monoisotopic (exact) mass is 201 g/mol. The van der Waals surface area contributed by atoms with Crippen molar-refractivity contribution < 1.29 is 4.79 Å². The highest BCUT2D eigenvalue weighted by Gasteiger charge is 2.08. The molecule has 0 aromatic heterocycles. The summed E-state index contributed by atoms with van der Waals surface area (Å²) in [6.45, 7) is 4.25. The second-order valence-electron chi connectivity index (χ2n) is 3.27. The van der Waals surface area contributed by atoms with Gasteiger partial charge in [0.15, 0.2) is 5.78 Å². The molecular formula is C10H19NOS. The van der Waals surface area contributed by atoms with Crippen LogP contribution in [0.1, 0.15) is 26.7 Å². The van der Waals surface area contributed by atoms with E-state index in [0.29, 0.717) is 18.1 Å². The smallest absolute Gasteiger partial charge is 0.154 e. The highest BCUT2D eigenvalue weighted by atomic mass is 32.1. The van der Waals surface area contributed by atoms with Gasteiger partial charge in [-0.25, -0.2) is 0 Å². The van der Waals surface area contributed by atoms with Crippen molar-refractivity contribution in [3.63, 3.8) is 0 Å². The number of allylic oxidation sites excluding steroid dienone is 2. The Morgan fingerprint density at radius 3 is 2.69 bits per heavy atom. The Morgan fingerprint density at radius 1 is 1.62 bits per heavy atom. The van der Waals surface area contributed by atoms with E-state index in [1.807, 2.05) is 6.08 Å². The van der Waals surface area contributed by atoms with Crippen LogP contribution in [0.4, 0.5) is 0 Å². The molecule has 0 aliphatic rings. The third-order valence-corrected chi connectivity index (χ3v) is 2.43. The first-order valence-electron chi connectivity index (χ1n) is 4.67. The topological polar surface area (TPSA) is 43.1 Å². The van der Waals surface area contributed by atoms with Gasteiger partial charge in [-0.15, -0.1) is 0 Å². The van der Waals surface area contributed by atoms with Gasteiger partial charge in [-0.3, -0.25) is 4.79 Å². The first-order valence-corrected chi connectivity index (χ1v) is 5.30. The van der Waals surface area contributed by atoms with Crippen LogP contribution in [0.2, 0.25) is 0 Å². The number of carbonyl (C=O) groups is 1. The summed E-state index contributed by atoms with van der Waals surface area (Å²) in [6.07, 6.45) is 5.50. The quantitative estimate of drug-likeness (QED) is 0.508. The molecule has 0 heterocycles. The molecule has 2 nitrogen and oxygen atoms in total. The maximum atomic E-state index is 11.2. The second kappa shape index (κ2) is 7.15. The van der Waals surface area contributed by atoms with Crippen LogP contribution >= 0.6 is 12.6 Å². The first kappa shape index (κ1) is 12.7. The fourth-order valence-electron chi connectivity index (χ4n) is 0.806. The van der Waals surface area contributed by atoms with Gasteiger partial charge in [-0.1, -0.05) is 32.4 Å². The summed E-state index contributed by atoms with van der Waals surface area (Å²) < 4.78 is 0. The van der Waals surface area contributed by atoms with E-state index in [-0.39, 0.29) is 5.78 Å². The van der Waals surface area contributed by atoms with Gasteiger partial charge in [0.2, 0.25) is 0 Å². The Kier molecular flexibility index (Phi) is 7.00. The molecule has 0 bridgehead atoms. The van der Waals surface area contributed by atoms with E-state index >= 15 is 0 Å². The first-order chi connectivity index (χ1) is 6.11. The molecule has 0 amide bonds. The third-order valence-electron chi connectivity index (χ3n) is 2.04. The maximum Gasteiger partial charge on any atom is 0.154 e. The molecule has 2 N–H and O–H groups in total. The lowest BCUT2D eigenvalue weighted by Gasteiger charge is -2.04. The van der Waals surface area contributed by atoms with Crippen molar-refractivity contribution in [1.82, 2.24) is 0 Å². The van der Waals surface area contributed by atoms with E-state index in [1.54, 1.807) is 0 Å². The highest BCUT2D eigenvalue weighted by Crippen LogP contribution is 2.03. The number of Topliss-reactive ketones (excluding diaryl/α,β-unsaturated/α-hetero) is 1. The van der Waals surface area contributed by atoms with Gasteiger partial charge >= 0.3 is 0 Å². The molecule has 0 aromatic carbocycles. The van der Waals surface area contributed by atoms with Gasteiger partial charge in [-0.2, -0.15) is 12.6 Å². The molecule has 3 heteroatoms. The van der Waals surface area contributed by atoms with E-state index < -0.39 is 6.04 Å². The molecule has 2 atom stereocenters. The minimum Gasteiger partial charge on any atom is -0.321 e. The van der Waals surface area contributed by atoms with Gasteiger partial charge in [0, 0.05) is 12.2 Å². The van der Waals surface area contributed by atoms with E-state index in [4.69, 9.17) is 5.73 Å². The molecule has 0 saturated heterocycles. The second-order valence-corrected chi connectivity index (χ2v) is 3.64. The number of thiol groups is 1. The lowest BCUT2D eigenvalue weighted by Crippen LogP contribution is -2.31. The molecule has 0 radical (unpaired) electrons. The van der Waals surface area contributed by atoms with Crippen molar-refractivity contribution in [3.05, 3.63) is 12.2 Å². The Balaban J connectivity index is 3.75. The number of hydrogen-bond donors (Lipinski definition) is 2. The van der Waals surface area contributed by atoms with E-state index in [0.717, 1.165) is 6.42 Å². The van der Waals surface area contributed by atoms with E-state index in [1.165, 1.54) is 0 Å². The molecule has 0 aromatic rings. The average Bonchev–Trinajstić information content (AvgIpc) is 2.15. The van der Waals surface area contributed by atoms with Crippen LogP contribution in [0.3, 0.4) is 0 Å². The van der Waals surface area contributed by atoms with Crippen molar-refractivity contribution in [3.8, 4) is 0 Å². The predicted octanol–water partition coefficient (Wildman–Crippen LogP) is 1.81. The maximum absolute atomic E-state index is 11.2. The SMILES string of the molecule is CCC(C)/C=C/CC(=O)[C@@H](N)CS. The minimum absolute atomic E-state index is 0.0644. The molecule has 0 rings (SSSR count). The van der Waals surface area contributed by atoms with Crippen molar-refractivity contribution in [2.45, 2.75) is 32.7 Å². The molecule has 0 aliphatic carbocycles. The summed E-state index contributed by atoms with van der Waals surface area (Å²) in [6, 6.07) is -0.412. The van der Waals surface area contributed by atoms with Gasteiger partial charge in [0.25, 0.3) is 0 Å². The van der Waals surface area contributed by atoms with Crippen LogP contribution in [-0.2, 0) is 4.79 Å². The average molecular weight is 201 g/mol. The number of rotatable bonds is 6. The summed E-state index contributed by atoms with van der Waals surface area (Å²) in [5.41, 5.74) is 5.51. The van der Waals surface area contributed by atoms with Crippen LogP contribution in [0, 0.1) is 5.92 Å². The van der Waals surface area contributed by atoms with Crippen LogP contribution in [-0.4, -0.2) is 17.6 Å². The Hall–Kier alpha value is -0.280. The molecule has 0 saturated carbocycles. The minimum atomic E-state index is -0.412. The third kappa shape index (κ3) is 5.88. The Bertz CT molecular complexity index is 180. The molecule has 1 unspecified atom stereocenters. The van der Waals surface area contributed by atoms with E-state index in [9.17, 15) is 4.79 Å². The molecule has 0 spiro atoms. The van der Waals surface area contributed by atoms with Crippen LogP contribution in [0.15, 0.2) is 12.2 Å².